The second-order valence-electron chi connectivity index (χ2n) is 25.7. The summed E-state index contributed by atoms with van der Waals surface area (Å²) in [4.78, 5) is 10.0. The highest BCUT2D eigenvalue weighted by Crippen LogP contribution is 2.72. The van der Waals surface area contributed by atoms with Crippen LogP contribution in [0.1, 0.15) is 166 Å². The number of benzene rings is 6. The first-order valence-corrected chi connectivity index (χ1v) is 30.4. The Bertz CT molecular complexity index is 2910. The standard InChI is InChI=1S/C70H85N3S/c1-8-56-31-21-9-14-24-51-45-65(64(46-66(51)74-56)71(52-25-15-10-16-26-52)54-37-34-48(2)35-38-54)73(55-29-19-12-20-30-55)69(7)43-41-63-62(47-69)70(49(3)57(40-42-68(4,5)6)58-32-22-13-23-33-60(58)70)61-39-36-50-44-59(50)67(61)72(63)53-27-17-11-18-28-53/h10-12,15-20,25-30,34-39,45-46,49,56-58,60,62-63H,8-9,13-14,21-24,31-33,40-44,47H2,1-7H3. The first-order valence-electron chi connectivity index (χ1n) is 29.6. The lowest BCUT2D eigenvalue weighted by Gasteiger charge is -2.63. The van der Waals surface area contributed by atoms with Crippen molar-refractivity contribution < 1.29 is 0 Å². The normalized spacial score (nSPS) is 28.3. The van der Waals surface area contributed by atoms with Gasteiger partial charge in [0.05, 0.1) is 11.4 Å². The number of para-hydroxylation sites is 3. The number of fused-ring (bicyclic) bond motifs is 9. The van der Waals surface area contributed by atoms with Gasteiger partial charge in [-0.1, -0.05) is 151 Å². The maximum atomic E-state index is 2.96. The topological polar surface area (TPSA) is 9.72 Å². The molecule has 9 unspecified atom stereocenters. The van der Waals surface area contributed by atoms with E-state index in [-0.39, 0.29) is 11.0 Å². The summed E-state index contributed by atoms with van der Waals surface area (Å²) in [5.74, 6) is 3.27. The number of thioether (sulfide) groups is 1. The van der Waals surface area contributed by atoms with Crippen LogP contribution in [-0.4, -0.2) is 16.8 Å². The van der Waals surface area contributed by atoms with E-state index in [1.165, 1.54) is 127 Å². The molecule has 3 nitrogen and oxygen atoms in total. The molecule has 4 aliphatic carbocycles. The van der Waals surface area contributed by atoms with E-state index in [9.17, 15) is 0 Å². The van der Waals surface area contributed by atoms with Crippen LogP contribution in [0.4, 0.5) is 39.8 Å². The smallest absolute Gasteiger partial charge is 0.0710 e. The Labute approximate surface area is 450 Å². The summed E-state index contributed by atoms with van der Waals surface area (Å²) in [6.07, 6.45) is 21.6. The molecule has 1 spiro atoms. The minimum absolute atomic E-state index is 0.0847. The van der Waals surface area contributed by atoms with E-state index in [0.29, 0.717) is 34.5 Å². The van der Waals surface area contributed by atoms with Gasteiger partial charge < -0.3 is 14.7 Å². The molecule has 386 valence electrons. The molecule has 0 aromatic heterocycles. The number of rotatable bonds is 10. The molecule has 3 fully saturated rings. The molecule has 2 heterocycles. The van der Waals surface area contributed by atoms with Crippen molar-refractivity contribution in [2.75, 3.05) is 14.7 Å². The van der Waals surface area contributed by atoms with Gasteiger partial charge in [0.2, 0.25) is 0 Å². The van der Waals surface area contributed by atoms with Crippen molar-refractivity contribution in [2.24, 2.45) is 35.0 Å². The Hall–Kier alpha value is -4.93. The van der Waals surface area contributed by atoms with Crippen molar-refractivity contribution in [1.29, 1.82) is 0 Å². The highest BCUT2D eigenvalue weighted by atomic mass is 32.2. The van der Waals surface area contributed by atoms with Crippen molar-refractivity contribution >= 4 is 51.6 Å². The van der Waals surface area contributed by atoms with Crippen LogP contribution in [-0.2, 0) is 18.3 Å². The molecule has 3 saturated carbocycles. The minimum atomic E-state index is -0.196. The maximum Gasteiger partial charge on any atom is 0.0710 e. The van der Waals surface area contributed by atoms with Crippen LogP contribution in [0.3, 0.4) is 0 Å². The maximum absolute atomic E-state index is 2.96. The third kappa shape index (κ3) is 8.93. The van der Waals surface area contributed by atoms with Crippen molar-refractivity contribution in [3.05, 3.63) is 167 Å². The molecule has 6 aromatic rings. The lowest BCUT2D eigenvalue weighted by Crippen LogP contribution is -2.63. The molecular weight excluding hydrogens is 915 g/mol. The molecule has 4 heteroatoms. The zero-order chi connectivity index (χ0) is 50.8. The Morgan fingerprint density at radius 1 is 0.676 bits per heavy atom. The molecule has 9 atom stereocenters. The van der Waals surface area contributed by atoms with E-state index in [2.05, 4.69) is 214 Å². The summed E-state index contributed by atoms with van der Waals surface area (Å²) in [7, 11) is 0. The average molecular weight is 1000 g/mol. The van der Waals surface area contributed by atoms with Crippen molar-refractivity contribution in [3.63, 3.8) is 0 Å². The van der Waals surface area contributed by atoms with Gasteiger partial charge in [0, 0.05) is 62.0 Å². The van der Waals surface area contributed by atoms with Crippen LogP contribution in [0.2, 0.25) is 0 Å². The van der Waals surface area contributed by atoms with E-state index in [0.717, 1.165) is 43.9 Å². The molecule has 0 N–H and O–H groups in total. The molecule has 0 radical (unpaired) electrons. The quantitative estimate of drug-likeness (QED) is 0.135. The van der Waals surface area contributed by atoms with Crippen LogP contribution in [0.25, 0.3) is 0 Å². The Balaban J connectivity index is 1.10. The number of hydrogen-bond donors (Lipinski definition) is 0. The molecule has 12 rings (SSSR count). The Morgan fingerprint density at radius 2 is 1.35 bits per heavy atom. The predicted molar refractivity (Wildman–Crippen MR) is 317 cm³/mol. The second kappa shape index (κ2) is 20.2. The number of anilines is 7. The van der Waals surface area contributed by atoms with Gasteiger partial charge in [0.1, 0.15) is 0 Å². The van der Waals surface area contributed by atoms with Gasteiger partial charge in [0.15, 0.2) is 0 Å². The number of hydrogen-bond acceptors (Lipinski definition) is 4. The van der Waals surface area contributed by atoms with E-state index in [4.69, 9.17) is 0 Å². The molecule has 74 heavy (non-hydrogen) atoms. The van der Waals surface area contributed by atoms with Gasteiger partial charge in [-0.2, -0.15) is 0 Å². The average Bonchev–Trinajstić information content (AvgIpc) is 4.20. The van der Waals surface area contributed by atoms with Gasteiger partial charge in [-0.3, -0.25) is 0 Å². The highest BCUT2D eigenvalue weighted by molar-refractivity contribution is 8.00. The van der Waals surface area contributed by atoms with E-state index >= 15 is 0 Å². The Kier molecular flexibility index (Phi) is 13.6. The van der Waals surface area contributed by atoms with Crippen molar-refractivity contribution in [1.82, 2.24) is 0 Å². The predicted octanol–water partition coefficient (Wildman–Crippen LogP) is 19.8. The van der Waals surface area contributed by atoms with Crippen LogP contribution >= 0.6 is 11.8 Å². The SMILES string of the molecule is CCC1CCCCCc2cc(N(c3ccccc3)C3(C)CCC4C(C3)C3(c5ccc6c(c5N4c4ccccc4)C6)C(C)C(CCC(C)(C)C)C4CCCCCC43)c(N(c3ccccc3)c3ccc(C)cc3)cc2S1. The van der Waals surface area contributed by atoms with Gasteiger partial charge in [-0.05, 0) is 202 Å². The van der Waals surface area contributed by atoms with Gasteiger partial charge in [0.25, 0.3) is 0 Å². The molecule has 2 aliphatic heterocycles. The summed E-state index contributed by atoms with van der Waals surface area (Å²) in [5, 5.41) is 0.618. The highest BCUT2D eigenvalue weighted by Gasteiger charge is 2.68. The Morgan fingerprint density at radius 3 is 2.08 bits per heavy atom. The monoisotopic (exact) mass is 1000 g/mol. The van der Waals surface area contributed by atoms with E-state index in [1.807, 2.05) is 0 Å². The third-order valence-electron chi connectivity index (χ3n) is 20.0. The lowest BCUT2D eigenvalue weighted by molar-refractivity contribution is 0.0477. The first-order chi connectivity index (χ1) is 36.0. The molecule has 0 bridgehead atoms. The molecule has 0 saturated heterocycles. The van der Waals surface area contributed by atoms with Crippen LogP contribution in [0, 0.1) is 41.9 Å². The number of aryl methyl sites for hydroxylation is 2. The molecule has 6 aliphatic rings. The van der Waals surface area contributed by atoms with Crippen LogP contribution in [0.5, 0.6) is 0 Å². The van der Waals surface area contributed by atoms with E-state index < -0.39 is 0 Å². The fraction of sp³-hybridized carbons (Fsp3) is 0.486. The number of nitrogens with zero attached hydrogens (tertiary/aromatic N) is 3. The second-order valence-corrected chi connectivity index (χ2v) is 27.0. The van der Waals surface area contributed by atoms with E-state index in [1.54, 1.807) is 22.4 Å². The van der Waals surface area contributed by atoms with Crippen molar-refractivity contribution in [2.45, 2.75) is 185 Å². The summed E-state index contributed by atoms with van der Waals surface area (Å²) >= 11 is 2.17. The molecular formula is C70H85N3S. The van der Waals surface area contributed by atoms with Gasteiger partial charge in [-0.25, -0.2) is 0 Å². The summed E-state index contributed by atoms with van der Waals surface area (Å²) in [6, 6.07) is 55.3. The van der Waals surface area contributed by atoms with Crippen molar-refractivity contribution in [3.8, 4) is 0 Å². The van der Waals surface area contributed by atoms with Gasteiger partial charge >= 0.3 is 0 Å². The lowest BCUT2D eigenvalue weighted by atomic mass is 9.49. The zero-order valence-corrected chi connectivity index (χ0v) is 46.9. The van der Waals surface area contributed by atoms with Gasteiger partial charge in [-0.15, -0.1) is 11.8 Å². The summed E-state index contributed by atoms with van der Waals surface area (Å²) in [5.41, 5.74) is 17.4. The fourth-order valence-corrected chi connectivity index (χ4v) is 17.8. The summed E-state index contributed by atoms with van der Waals surface area (Å²) < 4.78 is 0. The van der Waals surface area contributed by atoms with Crippen LogP contribution in [0.15, 0.2) is 144 Å². The zero-order valence-electron chi connectivity index (χ0n) is 46.1. The van der Waals surface area contributed by atoms with Crippen LogP contribution < -0.4 is 14.7 Å². The minimum Gasteiger partial charge on any atom is -0.338 e. The largest absolute Gasteiger partial charge is 0.338 e. The third-order valence-corrected chi connectivity index (χ3v) is 21.5. The fourth-order valence-electron chi connectivity index (χ4n) is 16.5. The molecule has 0 amide bonds. The first kappa shape index (κ1) is 49.9. The summed E-state index contributed by atoms with van der Waals surface area (Å²) in [6.45, 7) is 17.7. The molecule has 6 aromatic carbocycles.